The fraction of sp³-hybridized carbons (Fsp3) is 1.00. The first kappa shape index (κ1) is 36.5. The molecule has 1 aliphatic rings. The fourth-order valence-electron chi connectivity index (χ4n) is 3.01. The van der Waals surface area contributed by atoms with Gasteiger partial charge in [-0.25, -0.2) is 17.6 Å². The molecule has 0 saturated carbocycles. The van der Waals surface area contributed by atoms with Gasteiger partial charge in [0.05, 0.1) is 0 Å². The highest BCUT2D eigenvalue weighted by molar-refractivity contribution is 5.04. The molecule has 0 amide bonds. The van der Waals surface area contributed by atoms with Crippen LogP contribution in [0, 0.1) is 0 Å². The first-order valence-electron chi connectivity index (χ1n) is 9.73. The van der Waals surface area contributed by atoms with Gasteiger partial charge in [0.25, 0.3) is 0 Å². The molecule has 1 saturated heterocycles. The van der Waals surface area contributed by atoms with Crippen LogP contribution in [0.25, 0.3) is 0 Å². The summed E-state index contributed by atoms with van der Waals surface area (Å²) in [6.07, 6.45) is -49.1. The summed E-state index contributed by atoms with van der Waals surface area (Å²) >= 11 is 0. The molecule has 0 aromatic heterocycles. The van der Waals surface area contributed by atoms with E-state index in [-0.39, 0.29) is 0 Å². The lowest BCUT2D eigenvalue weighted by molar-refractivity contribution is -0.523. The standard InChI is InChI=1S/C16H12F20O4/c1-2-37-8(12(26,14(30,31)32)40-16(35,36)10(23,24)7(19)20)4-3-5(38-8)11(25,13(27,28)29)39-15(33,34)9(21,22)6(17)18/h5-7H,2-4H2,1H3. The predicted octanol–water partition coefficient (Wildman–Crippen LogP) is 7.37. The molecule has 1 fully saturated rings. The molecule has 4 atom stereocenters. The van der Waals surface area contributed by atoms with E-state index in [1.165, 1.54) is 0 Å². The molecule has 1 rings (SSSR count). The van der Waals surface area contributed by atoms with Gasteiger partial charge in [0, 0.05) is 13.0 Å². The molecular weight excluding hydrogens is 636 g/mol. The van der Waals surface area contributed by atoms with Crippen molar-refractivity contribution < 1.29 is 107 Å². The van der Waals surface area contributed by atoms with Crippen molar-refractivity contribution in [2.45, 2.75) is 92.6 Å². The van der Waals surface area contributed by atoms with Crippen LogP contribution >= 0.6 is 0 Å². The van der Waals surface area contributed by atoms with Crippen molar-refractivity contribution >= 4 is 0 Å². The third-order valence-electron chi connectivity index (χ3n) is 4.97. The zero-order valence-electron chi connectivity index (χ0n) is 18.5. The van der Waals surface area contributed by atoms with Crippen LogP contribution in [-0.4, -0.2) is 79.5 Å². The fourth-order valence-corrected chi connectivity index (χ4v) is 3.01. The Hall–Kier alpha value is -1.56. The van der Waals surface area contributed by atoms with Crippen molar-refractivity contribution in [2.24, 2.45) is 0 Å². The minimum Gasteiger partial charge on any atom is -0.345 e. The lowest BCUT2D eigenvalue weighted by atomic mass is 10.00. The molecule has 4 unspecified atom stereocenters. The van der Waals surface area contributed by atoms with Gasteiger partial charge in [-0.3, -0.25) is 9.47 Å². The zero-order chi connectivity index (χ0) is 32.2. The maximum absolute atomic E-state index is 15.2. The Morgan fingerprint density at radius 1 is 0.675 bits per heavy atom. The minimum absolute atomic E-state index is 0.460. The number of hydrogen-bond donors (Lipinski definition) is 0. The quantitative estimate of drug-likeness (QED) is 0.207. The van der Waals surface area contributed by atoms with Crippen LogP contribution in [0.15, 0.2) is 0 Å². The maximum atomic E-state index is 15.2. The highest BCUT2D eigenvalue weighted by Crippen LogP contribution is 2.59. The molecule has 1 aliphatic heterocycles. The van der Waals surface area contributed by atoms with Gasteiger partial charge >= 0.3 is 61.0 Å². The molecule has 0 N–H and O–H groups in total. The van der Waals surface area contributed by atoms with Gasteiger partial charge in [-0.2, -0.15) is 70.2 Å². The van der Waals surface area contributed by atoms with E-state index in [1.807, 2.05) is 0 Å². The van der Waals surface area contributed by atoms with Crippen LogP contribution in [-0.2, 0) is 18.9 Å². The van der Waals surface area contributed by atoms with Crippen molar-refractivity contribution in [2.75, 3.05) is 6.61 Å². The third kappa shape index (κ3) is 5.85. The van der Waals surface area contributed by atoms with E-state index >= 15 is 4.39 Å². The third-order valence-corrected chi connectivity index (χ3v) is 4.97. The number of hydrogen-bond acceptors (Lipinski definition) is 4. The van der Waals surface area contributed by atoms with E-state index in [1.54, 1.807) is 0 Å². The van der Waals surface area contributed by atoms with Gasteiger partial charge < -0.3 is 9.47 Å². The van der Waals surface area contributed by atoms with E-state index in [0.717, 1.165) is 0 Å². The van der Waals surface area contributed by atoms with Gasteiger partial charge in [-0.15, -0.1) is 0 Å². The monoisotopic (exact) mass is 648 g/mol. The van der Waals surface area contributed by atoms with Crippen molar-refractivity contribution in [3.05, 3.63) is 0 Å². The number of ether oxygens (including phenoxy) is 4. The highest BCUT2D eigenvalue weighted by atomic mass is 19.4. The normalized spacial score (nSPS) is 25.4. The second kappa shape index (κ2) is 10.6. The van der Waals surface area contributed by atoms with Crippen LogP contribution in [0.4, 0.5) is 87.8 Å². The molecule has 40 heavy (non-hydrogen) atoms. The average molecular weight is 648 g/mol. The molecule has 4 nitrogen and oxygen atoms in total. The summed E-state index contributed by atoms with van der Waals surface area (Å²) in [5.41, 5.74) is 0. The summed E-state index contributed by atoms with van der Waals surface area (Å²) in [5, 5.41) is 0. The van der Waals surface area contributed by atoms with Crippen molar-refractivity contribution in [3.63, 3.8) is 0 Å². The Labute approximate surface area is 207 Å². The van der Waals surface area contributed by atoms with Gasteiger partial charge in [0.1, 0.15) is 6.10 Å². The van der Waals surface area contributed by atoms with E-state index in [0.29, 0.717) is 6.92 Å². The average Bonchev–Trinajstić information content (AvgIpc) is 3.17. The zero-order valence-corrected chi connectivity index (χ0v) is 18.5. The molecule has 0 aromatic rings. The van der Waals surface area contributed by atoms with Crippen LogP contribution in [0.1, 0.15) is 19.8 Å². The lowest BCUT2D eigenvalue weighted by Crippen LogP contribution is -2.68. The Kier molecular flexibility index (Phi) is 9.68. The van der Waals surface area contributed by atoms with E-state index in [4.69, 9.17) is 0 Å². The SMILES string of the molecule is CCOC1(C(F)(OC(F)(F)C(F)(F)C(F)F)C(F)(F)F)CCC(C(F)(OC(F)(F)C(F)(F)C(F)F)C(F)(F)F)O1. The van der Waals surface area contributed by atoms with Gasteiger partial charge in [0.2, 0.25) is 5.79 Å². The first-order chi connectivity index (χ1) is 17.4. The van der Waals surface area contributed by atoms with Crippen molar-refractivity contribution in [1.82, 2.24) is 0 Å². The minimum atomic E-state index is -7.26. The molecule has 0 aromatic carbocycles. The van der Waals surface area contributed by atoms with Gasteiger partial charge in [-0.05, 0) is 13.3 Å². The van der Waals surface area contributed by atoms with E-state index in [2.05, 4.69) is 18.9 Å². The second-order valence-corrected chi connectivity index (χ2v) is 7.65. The molecule has 0 aliphatic carbocycles. The molecular formula is C16H12F20O4. The Bertz CT molecular complexity index is 874. The summed E-state index contributed by atoms with van der Waals surface area (Å²) in [6.45, 7) is -1.08. The largest absolute Gasteiger partial charge is 0.454 e. The summed E-state index contributed by atoms with van der Waals surface area (Å²) in [6, 6.07) is 0. The summed E-state index contributed by atoms with van der Waals surface area (Å²) in [7, 11) is 0. The molecule has 1 heterocycles. The Balaban J connectivity index is 3.77. The molecule has 0 spiro atoms. The molecule has 0 bridgehead atoms. The maximum Gasteiger partial charge on any atom is 0.454 e. The smallest absolute Gasteiger partial charge is 0.345 e. The summed E-state index contributed by atoms with van der Waals surface area (Å²) < 4.78 is 278. The molecule has 240 valence electrons. The first-order valence-corrected chi connectivity index (χ1v) is 9.73. The van der Waals surface area contributed by atoms with Gasteiger partial charge in [0.15, 0.2) is 0 Å². The van der Waals surface area contributed by atoms with Crippen LogP contribution in [0.5, 0.6) is 0 Å². The van der Waals surface area contributed by atoms with Crippen LogP contribution < -0.4 is 0 Å². The molecule has 0 radical (unpaired) electrons. The number of alkyl halides is 20. The van der Waals surface area contributed by atoms with Crippen molar-refractivity contribution in [3.8, 4) is 0 Å². The number of halogens is 20. The highest BCUT2D eigenvalue weighted by Gasteiger charge is 2.83. The summed E-state index contributed by atoms with van der Waals surface area (Å²) in [5.74, 6) is -32.4. The Morgan fingerprint density at radius 2 is 1.07 bits per heavy atom. The molecule has 24 heteroatoms. The second-order valence-electron chi connectivity index (χ2n) is 7.65. The lowest BCUT2D eigenvalue weighted by Gasteiger charge is -2.44. The predicted molar refractivity (Wildman–Crippen MR) is 82.2 cm³/mol. The van der Waals surface area contributed by atoms with E-state index in [9.17, 15) is 83.4 Å². The van der Waals surface area contributed by atoms with Crippen molar-refractivity contribution in [1.29, 1.82) is 0 Å². The topological polar surface area (TPSA) is 36.9 Å². The summed E-state index contributed by atoms with van der Waals surface area (Å²) in [4.78, 5) is 0. The van der Waals surface area contributed by atoms with E-state index < -0.39 is 92.3 Å². The van der Waals surface area contributed by atoms with Gasteiger partial charge in [-0.1, -0.05) is 0 Å². The van der Waals surface area contributed by atoms with Crippen LogP contribution in [0.3, 0.4) is 0 Å². The van der Waals surface area contributed by atoms with Crippen LogP contribution in [0.2, 0.25) is 0 Å². The number of rotatable bonds is 12. The Morgan fingerprint density at radius 3 is 1.40 bits per heavy atom.